The van der Waals surface area contributed by atoms with Gasteiger partial charge in [-0.15, -0.1) is 0 Å². The van der Waals surface area contributed by atoms with Crippen LogP contribution in [0.5, 0.6) is 5.75 Å². The van der Waals surface area contributed by atoms with Crippen molar-refractivity contribution in [2.75, 3.05) is 38.3 Å². The molecule has 24 heavy (non-hydrogen) atoms. The highest BCUT2D eigenvalue weighted by atomic mass is 32.2. The Hall–Kier alpha value is -2.13. The average Bonchev–Trinajstić information content (AvgIpc) is 3.12. The van der Waals surface area contributed by atoms with E-state index in [1.165, 1.54) is 34.5 Å². The summed E-state index contributed by atoms with van der Waals surface area (Å²) in [7, 11) is -2.34. The summed E-state index contributed by atoms with van der Waals surface area (Å²) >= 11 is 0. The largest absolute Gasteiger partial charge is 0.482 e. The van der Waals surface area contributed by atoms with Gasteiger partial charge in [-0.1, -0.05) is 0 Å². The van der Waals surface area contributed by atoms with E-state index in [0.29, 0.717) is 18.8 Å². The van der Waals surface area contributed by atoms with Crippen LogP contribution in [0.15, 0.2) is 23.1 Å². The van der Waals surface area contributed by atoms with E-state index in [9.17, 15) is 18.0 Å². The van der Waals surface area contributed by atoms with Gasteiger partial charge in [0.15, 0.2) is 6.61 Å². The third kappa shape index (κ3) is 2.96. The van der Waals surface area contributed by atoms with Crippen molar-refractivity contribution in [1.82, 2.24) is 4.31 Å². The first-order chi connectivity index (χ1) is 11.4. The van der Waals surface area contributed by atoms with Gasteiger partial charge in [0.1, 0.15) is 12.3 Å². The summed E-state index contributed by atoms with van der Waals surface area (Å²) in [6, 6.07) is 4.32. The van der Waals surface area contributed by atoms with Crippen molar-refractivity contribution in [2.24, 2.45) is 0 Å². The zero-order chi connectivity index (χ0) is 17.3. The van der Waals surface area contributed by atoms with Crippen molar-refractivity contribution in [2.45, 2.75) is 17.7 Å². The van der Waals surface area contributed by atoms with Crippen LogP contribution >= 0.6 is 0 Å². The lowest BCUT2D eigenvalue weighted by atomic mass is 10.2. The van der Waals surface area contributed by atoms with Gasteiger partial charge >= 0.3 is 5.97 Å². The highest BCUT2D eigenvalue weighted by molar-refractivity contribution is 7.89. The number of anilines is 1. The summed E-state index contributed by atoms with van der Waals surface area (Å²) in [5, 5.41) is 0. The SMILES string of the molecule is COC(=O)CN1C(=O)COc2cc(S(=O)(=O)N3CCCC3)ccc21. The lowest BCUT2D eigenvalue weighted by Crippen LogP contribution is -2.42. The Kier molecular flexibility index (Phi) is 4.46. The minimum absolute atomic E-state index is 0.121. The van der Waals surface area contributed by atoms with Crippen molar-refractivity contribution < 1.29 is 27.5 Å². The Morgan fingerprint density at radius 1 is 1.29 bits per heavy atom. The van der Waals surface area contributed by atoms with Crippen LogP contribution < -0.4 is 9.64 Å². The van der Waals surface area contributed by atoms with Gasteiger partial charge in [0.25, 0.3) is 5.91 Å². The second-order valence-electron chi connectivity index (χ2n) is 5.59. The third-order valence-electron chi connectivity index (χ3n) is 4.09. The zero-order valence-corrected chi connectivity index (χ0v) is 14.0. The second-order valence-corrected chi connectivity index (χ2v) is 7.52. The van der Waals surface area contributed by atoms with Gasteiger partial charge in [0.05, 0.1) is 17.7 Å². The maximum absolute atomic E-state index is 12.6. The summed E-state index contributed by atoms with van der Waals surface area (Å²) in [5.74, 6) is -0.688. The van der Waals surface area contributed by atoms with Gasteiger partial charge < -0.3 is 9.47 Å². The molecule has 0 radical (unpaired) electrons. The van der Waals surface area contributed by atoms with E-state index in [2.05, 4.69) is 4.74 Å². The number of fused-ring (bicyclic) bond motifs is 1. The molecule has 130 valence electrons. The molecule has 0 saturated carbocycles. The van der Waals surface area contributed by atoms with Gasteiger partial charge in [-0.3, -0.25) is 14.5 Å². The van der Waals surface area contributed by atoms with Crippen LogP contribution in [0.4, 0.5) is 5.69 Å². The number of methoxy groups -OCH3 is 1. The van der Waals surface area contributed by atoms with Crippen LogP contribution in [0.1, 0.15) is 12.8 Å². The van der Waals surface area contributed by atoms with Crippen molar-refractivity contribution in [3.8, 4) is 5.75 Å². The van der Waals surface area contributed by atoms with Crippen molar-refractivity contribution in [1.29, 1.82) is 0 Å². The molecule has 0 spiro atoms. The van der Waals surface area contributed by atoms with Crippen LogP contribution in [-0.4, -0.2) is 58.0 Å². The molecule has 9 heteroatoms. The van der Waals surface area contributed by atoms with Gasteiger partial charge in [0, 0.05) is 19.2 Å². The van der Waals surface area contributed by atoms with Gasteiger partial charge in [-0.2, -0.15) is 4.31 Å². The standard InChI is InChI=1S/C15H18N2O6S/c1-22-15(19)9-17-12-5-4-11(8-13(12)23-10-14(17)18)24(20,21)16-6-2-3-7-16/h4-5,8H,2-3,6-7,9-10H2,1H3. The topological polar surface area (TPSA) is 93.2 Å². The number of hydrogen-bond donors (Lipinski definition) is 0. The molecule has 0 bridgehead atoms. The predicted molar refractivity (Wildman–Crippen MR) is 84.3 cm³/mol. The van der Waals surface area contributed by atoms with E-state index in [0.717, 1.165) is 12.8 Å². The number of carbonyl (C=O) groups excluding carboxylic acids is 2. The minimum Gasteiger partial charge on any atom is -0.482 e. The molecule has 2 aliphatic rings. The van der Waals surface area contributed by atoms with E-state index in [-0.39, 0.29) is 29.7 Å². The molecule has 0 N–H and O–H groups in total. The molecule has 1 saturated heterocycles. The van der Waals surface area contributed by atoms with E-state index < -0.39 is 16.0 Å². The number of sulfonamides is 1. The molecule has 8 nitrogen and oxygen atoms in total. The lowest BCUT2D eigenvalue weighted by molar-refractivity contribution is -0.140. The molecule has 2 heterocycles. The number of ether oxygens (including phenoxy) is 2. The molecular formula is C15H18N2O6S. The molecule has 1 amide bonds. The first kappa shape index (κ1) is 16.7. The molecule has 0 unspecified atom stereocenters. The fourth-order valence-electron chi connectivity index (χ4n) is 2.79. The quantitative estimate of drug-likeness (QED) is 0.725. The summed E-state index contributed by atoms with van der Waals surface area (Å²) in [6.45, 7) is 0.515. The van der Waals surface area contributed by atoms with Crippen molar-refractivity contribution in [3.05, 3.63) is 18.2 Å². The number of amides is 1. The van der Waals surface area contributed by atoms with Crippen molar-refractivity contribution in [3.63, 3.8) is 0 Å². The number of hydrogen-bond acceptors (Lipinski definition) is 6. The van der Waals surface area contributed by atoms with Crippen LogP contribution in [-0.2, 0) is 24.3 Å². The Labute approximate surface area is 140 Å². The Morgan fingerprint density at radius 3 is 2.67 bits per heavy atom. The minimum atomic E-state index is -3.57. The predicted octanol–water partition coefficient (Wildman–Crippen LogP) is 0.369. The van der Waals surface area contributed by atoms with E-state index in [1.807, 2.05) is 0 Å². The van der Waals surface area contributed by atoms with E-state index in [1.54, 1.807) is 0 Å². The maximum atomic E-state index is 12.6. The average molecular weight is 354 g/mol. The zero-order valence-electron chi connectivity index (χ0n) is 13.2. The number of carbonyl (C=O) groups is 2. The second kappa shape index (κ2) is 6.40. The van der Waals surface area contributed by atoms with Gasteiger partial charge in [0.2, 0.25) is 10.0 Å². The summed E-state index contributed by atoms with van der Waals surface area (Å²) in [6.07, 6.45) is 1.70. The van der Waals surface area contributed by atoms with Crippen LogP contribution in [0, 0.1) is 0 Å². The van der Waals surface area contributed by atoms with E-state index in [4.69, 9.17) is 4.74 Å². The van der Waals surface area contributed by atoms with Crippen molar-refractivity contribution >= 4 is 27.6 Å². The molecule has 0 aromatic heterocycles. The molecule has 0 atom stereocenters. The normalized spacial score (nSPS) is 18.2. The summed E-state index contributed by atoms with van der Waals surface area (Å²) < 4.78 is 36.6. The van der Waals surface area contributed by atoms with Crippen LogP contribution in [0.3, 0.4) is 0 Å². The first-order valence-corrected chi connectivity index (χ1v) is 9.01. The molecule has 1 aromatic rings. The molecule has 1 aromatic carbocycles. The van der Waals surface area contributed by atoms with Gasteiger partial charge in [-0.25, -0.2) is 8.42 Å². The van der Waals surface area contributed by atoms with E-state index >= 15 is 0 Å². The molecular weight excluding hydrogens is 336 g/mol. The highest BCUT2D eigenvalue weighted by Gasteiger charge is 2.31. The highest BCUT2D eigenvalue weighted by Crippen LogP contribution is 2.35. The number of rotatable bonds is 4. The van der Waals surface area contributed by atoms with Gasteiger partial charge in [-0.05, 0) is 25.0 Å². The maximum Gasteiger partial charge on any atom is 0.325 e. The smallest absolute Gasteiger partial charge is 0.325 e. The fraction of sp³-hybridized carbons (Fsp3) is 0.467. The number of esters is 1. The van der Waals surface area contributed by atoms with Crippen LogP contribution in [0.25, 0.3) is 0 Å². The summed E-state index contributed by atoms with van der Waals surface area (Å²) in [5.41, 5.74) is 0.358. The Morgan fingerprint density at radius 2 is 2.00 bits per heavy atom. The Bertz CT molecular complexity index is 770. The first-order valence-electron chi connectivity index (χ1n) is 7.57. The number of nitrogens with zero attached hydrogens (tertiary/aromatic N) is 2. The number of benzene rings is 1. The molecule has 2 aliphatic heterocycles. The lowest BCUT2D eigenvalue weighted by Gasteiger charge is -2.29. The molecule has 3 rings (SSSR count). The Balaban J connectivity index is 1.93. The third-order valence-corrected chi connectivity index (χ3v) is 5.99. The van der Waals surface area contributed by atoms with Crippen LogP contribution in [0.2, 0.25) is 0 Å². The summed E-state index contributed by atoms with van der Waals surface area (Å²) in [4.78, 5) is 24.8. The molecule has 1 fully saturated rings. The fourth-order valence-corrected chi connectivity index (χ4v) is 4.32. The monoisotopic (exact) mass is 354 g/mol. The molecule has 0 aliphatic carbocycles.